The summed E-state index contributed by atoms with van der Waals surface area (Å²) in [6.45, 7) is 4.86. The molecular weight excluding hydrogens is 190 g/mol. The highest BCUT2D eigenvalue weighted by Gasteiger charge is 2.34. The third kappa shape index (κ3) is 1.48. The second kappa shape index (κ2) is 3.26. The topological polar surface area (TPSA) is 38.3 Å². The molecule has 3 nitrogen and oxygen atoms in total. The lowest BCUT2D eigenvalue weighted by Gasteiger charge is -2.33. The van der Waals surface area contributed by atoms with E-state index in [9.17, 15) is 4.79 Å². The monoisotopic (exact) mass is 205 g/mol. The molecule has 1 aromatic carbocycles. The number of benzene rings is 1. The van der Waals surface area contributed by atoms with E-state index in [1.54, 1.807) is 7.11 Å². The second-order valence-corrected chi connectivity index (χ2v) is 4.45. The van der Waals surface area contributed by atoms with Crippen molar-refractivity contribution in [3.8, 4) is 5.75 Å². The predicted octanol–water partition coefficient (Wildman–Crippen LogP) is 1.72. The summed E-state index contributed by atoms with van der Waals surface area (Å²) < 4.78 is 5.32. The van der Waals surface area contributed by atoms with Gasteiger partial charge in [-0.2, -0.15) is 0 Å². The number of fused-ring (bicyclic) bond motifs is 1. The maximum absolute atomic E-state index is 11.7. The number of carbonyl (C=O) groups excluding carboxylic acids is 1. The van der Waals surface area contributed by atoms with Crippen LogP contribution in [0.1, 0.15) is 29.8 Å². The molecule has 0 saturated carbocycles. The second-order valence-electron chi connectivity index (χ2n) is 4.45. The van der Waals surface area contributed by atoms with Crippen LogP contribution in [0.5, 0.6) is 5.75 Å². The summed E-state index contributed by atoms with van der Waals surface area (Å²) in [5, 5.41) is 2.89. The number of ether oxygens (including phenoxy) is 1. The summed E-state index contributed by atoms with van der Waals surface area (Å²) in [6, 6.07) is 5.59. The van der Waals surface area contributed by atoms with Crippen LogP contribution in [-0.4, -0.2) is 19.6 Å². The van der Waals surface area contributed by atoms with Gasteiger partial charge in [0.1, 0.15) is 5.75 Å². The smallest absolute Gasteiger partial charge is 0.251 e. The van der Waals surface area contributed by atoms with E-state index >= 15 is 0 Å². The van der Waals surface area contributed by atoms with Crippen LogP contribution < -0.4 is 10.1 Å². The molecular formula is C12H15NO2. The van der Waals surface area contributed by atoms with Crippen molar-refractivity contribution in [1.82, 2.24) is 5.32 Å². The minimum atomic E-state index is -0.0736. The van der Waals surface area contributed by atoms with Gasteiger partial charge in [0.25, 0.3) is 5.91 Å². The van der Waals surface area contributed by atoms with Gasteiger partial charge >= 0.3 is 0 Å². The van der Waals surface area contributed by atoms with Gasteiger partial charge in [-0.15, -0.1) is 0 Å². The van der Waals surface area contributed by atoms with Crippen LogP contribution in [0.3, 0.4) is 0 Å². The highest BCUT2D eigenvalue weighted by molar-refractivity contribution is 5.98. The number of methoxy groups -OCH3 is 1. The fraction of sp³-hybridized carbons (Fsp3) is 0.417. The lowest BCUT2D eigenvalue weighted by molar-refractivity contribution is 0.0928. The largest absolute Gasteiger partial charge is 0.496 e. The summed E-state index contributed by atoms with van der Waals surface area (Å²) in [4.78, 5) is 11.7. The first kappa shape index (κ1) is 10.0. The maximum Gasteiger partial charge on any atom is 0.251 e. The standard InChI is InChI=1S/C12H15NO2/c1-12(2)7-13-11(14)8-5-4-6-9(15-3)10(8)12/h4-6H,7H2,1-3H3,(H,13,14). The van der Waals surface area contributed by atoms with Gasteiger partial charge in [-0.05, 0) is 12.1 Å². The Labute approximate surface area is 89.4 Å². The average Bonchev–Trinajstić information content (AvgIpc) is 2.23. The van der Waals surface area contributed by atoms with Gasteiger partial charge in [-0.1, -0.05) is 19.9 Å². The van der Waals surface area contributed by atoms with Crippen molar-refractivity contribution in [2.75, 3.05) is 13.7 Å². The summed E-state index contributed by atoms with van der Waals surface area (Å²) in [5.41, 5.74) is 1.66. The fourth-order valence-electron chi connectivity index (χ4n) is 2.07. The molecule has 3 heteroatoms. The van der Waals surface area contributed by atoms with Gasteiger partial charge in [-0.3, -0.25) is 4.79 Å². The summed E-state index contributed by atoms with van der Waals surface area (Å²) in [6.07, 6.45) is 0. The molecule has 0 bridgehead atoms. The Kier molecular flexibility index (Phi) is 2.18. The van der Waals surface area contributed by atoms with Gasteiger partial charge in [0.15, 0.2) is 0 Å². The minimum Gasteiger partial charge on any atom is -0.496 e. The molecule has 0 radical (unpaired) electrons. The first-order chi connectivity index (χ1) is 7.06. The SMILES string of the molecule is COc1cccc2c1C(C)(C)CNC2=O. The Morgan fingerprint density at radius 3 is 2.80 bits per heavy atom. The predicted molar refractivity (Wildman–Crippen MR) is 58.4 cm³/mol. The van der Waals surface area contributed by atoms with Crippen molar-refractivity contribution in [1.29, 1.82) is 0 Å². The molecule has 1 heterocycles. The van der Waals surface area contributed by atoms with E-state index in [1.807, 2.05) is 18.2 Å². The van der Waals surface area contributed by atoms with Gasteiger partial charge in [0.2, 0.25) is 0 Å². The molecule has 1 aromatic rings. The number of amides is 1. The molecule has 0 spiro atoms. The molecule has 0 atom stereocenters. The van der Waals surface area contributed by atoms with Crippen molar-refractivity contribution in [3.63, 3.8) is 0 Å². The highest BCUT2D eigenvalue weighted by Crippen LogP contribution is 2.36. The fourth-order valence-corrected chi connectivity index (χ4v) is 2.07. The first-order valence-electron chi connectivity index (χ1n) is 5.02. The van der Waals surface area contributed by atoms with Gasteiger partial charge in [0.05, 0.1) is 7.11 Å². The number of nitrogens with one attached hydrogen (secondary N) is 1. The van der Waals surface area contributed by atoms with E-state index in [0.717, 1.165) is 16.9 Å². The van der Waals surface area contributed by atoms with Gasteiger partial charge in [-0.25, -0.2) is 0 Å². The molecule has 15 heavy (non-hydrogen) atoms. The molecule has 1 aliphatic rings. The van der Waals surface area contributed by atoms with E-state index in [-0.39, 0.29) is 11.3 Å². The van der Waals surface area contributed by atoms with Gasteiger partial charge < -0.3 is 10.1 Å². The van der Waals surface area contributed by atoms with E-state index in [4.69, 9.17) is 4.74 Å². The number of hydrogen-bond donors (Lipinski definition) is 1. The lowest BCUT2D eigenvalue weighted by Crippen LogP contribution is -2.43. The molecule has 2 rings (SSSR count). The Morgan fingerprint density at radius 1 is 1.40 bits per heavy atom. The van der Waals surface area contributed by atoms with Gasteiger partial charge in [0, 0.05) is 23.1 Å². The van der Waals surface area contributed by atoms with Crippen LogP contribution in [0.25, 0.3) is 0 Å². The van der Waals surface area contributed by atoms with E-state index in [0.29, 0.717) is 6.54 Å². The Morgan fingerprint density at radius 2 is 2.13 bits per heavy atom. The number of carbonyl (C=O) groups is 1. The normalized spacial score (nSPS) is 17.9. The van der Waals surface area contributed by atoms with Crippen LogP contribution in [0.4, 0.5) is 0 Å². The molecule has 0 aromatic heterocycles. The molecule has 0 unspecified atom stereocenters. The highest BCUT2D eigenvalue weighted by atomic mass is 16.5. The summed E-state index contributed by atoms with van der Waals surface area (Å²) in [5.74, 6) is 0.788. The van der Waals surface area contributed by atoms with Crippen LogP contribution in [0, 0.1) is 0 Å². The Hall–Kier alpha value is -1.51. The van der Waals surface area contributed by atoms with Crippen molar-refractivity contribution in [2.45, 2.75) is 19.3 Å². The minimum absolute atomic E-state index is 0.0109. The average molecular weight is 205 g/mol. The first-order valence-corrected chi connectivity index (χ1v) is 5.02. The molecule has 0 saturated heterocycles. The third-order valence-electron chi connectivity index (χ3n) is 2.86. The molecule has 1 amide bonds. The zero-order chi connectivity index (χ0) is 11.1. The zero-order valence-corrected chi connectivity index (χ0v) is 9.26. The molecule has 0 aliphatic carbocycles. The van der Waals surface area contributed by atoms with Crippen molar-refractivity contribution in [3.05, 3.63) is 29.3 Å². The lowest BCUT2D eigenvalue weighted by atomic mass is 9.78. The van der Waals surface area contributed by atoms with Crippen LogP contribution in [0.2, 0.25) is 0 Å². The maximum atomic E-state index is 11.7. The quantitative estimate of drug-likeness (QED) is 0.758. The van der Waals surface area contributed by atoms with E-state index in [2.05, 4.69) is 19.2 Å². The summed E-state index contributed by atoms with van der Waals surface area (Å²) >= 11 is 0. The van der Waals surface area contributed by atoms with Crippen LogP contribution in [0.15, 0.2) is 18.2 Å². The molecule has 1 N–H and O–H groups in total. The Balaban J connectivity index is 2.68. The van der Waals surface area contributed by atoms with Crippen LogP contribution >= 0.6 is 0 Å². The summed E-state index contributed by atoms with van der Waals surface area (Å²) in [7, 11) is 1.64. The van der Waals surface area contributed by atoms with Crippen molar-refractivity contribution < 1.29 is 9.53 Å². The Bertz CT molecular complexity index is 410. The van der Waals surface area contributed by atoms with Crippen molar-refractivity contribution >= 4 is 5.91 Å². The molecule has 1 aliphatic heterocycles. The number of hydrogen-bond acceptors (Lipinski definition) is 2. The number of rotatable bonds is 1. The van der Waals surface area contributed by atoms with E-state index < -0.39 is 0 Å². The van der Waals surface area contributed by atoms with Crippen LogP contribution in [-0.2, 0) is 5.41 Å². The van der Waals surface area contributed by atoms with E-state index in [1.165, 1.54) is 0 Å². The third-order valence-corrected chi connectivity index (χ3v) is 2.86. The zero-order valence-electron chi connectivity index (χ0n) is 9.26. The molecule has 0 fully saturated rings. The molecule has 80 valence electrons. The van der Waals surface area contributed by atoms with Crippen molar-refractivity contribution in [2.24, 2.45) is 0 Å².